The summed E-state index contributed by atoms with van der Waals surface area (Å²) in [7, 11) is 0. The molecular formula is C14H18N4O. The molecule has 0 aliphatic heterocycles. The summed E-state index contributed by atoms with van der Waals surface area (Å²) in [6.45, 7) is 4.54. The highest BCUT2D eigenvalue weighted by Crippen LogP contribution is 2.18. The van der Waals surface area contributed by atoms with E-state index in [4.69, 9.17) is 0 Å². The molecule has 5 heteroatoms. The van der Waals surface area contributed by atoms with Gasteiger partial charge in [-0.3, -0.25) is 4.79 Å². The summed E-state index contributed by atoms with van der Waals surface area (Å²) in [5.41, 5.74) is 0.862. The second kappa shape index (κ2) is 6.13. The van der Waals surface area contributed by atoms with Crippen LogP contribution in [0.2, 0.25) is 0 Å². The Morgan fingerprint density at radius 1 is 1.32 bits per heavy atom. The van der Waals surface area contributed by atoms with Crippen molar-refractivity contribution < 1.29 is 4.79 Å². The fourth-order valence-electron chi connectivity index (χ4n) is 1.79. The van der Waals surface area contributed by atoms with Gasteiger partial charge in [-0.2, -0.15) is 0 Å². The Labute approximate surface area is 112 Å². The third kappa shape index (κ3) is 3.19. The number of carbonyl (C=O) groups is 1. The van der Waals surface area contributed by atoms with Crippen molar-refractivity contribution in [2.45, 2.75) is 26.3 Å². The fraction of sp³-hybridized carbons (Fsp3) is 0.357. The maximum atomic E-state index is 11.8. The van der Waals surface area contributed by atoms with E-state index in [1.807, 2.05) is 38.1 Å². The van der Waals surface area contributed by atoms with Gasteiger partial charge in [-0.15, -0.1) is 0 Å². The number of nitrogens with one attached hydrogen (secondary N) is 2. The lowest BCUT2D eigenvalue weighted by molar-refractivity contribution is -0.121. The molecule has 0 saturated carbocycles. The van der Waals surface area contributed by atoms with Crippen LogP contribution in [-0.2, 0) is 4.79 Å². The molecule has 0 fully saturated rings. The molecule has 0 aliphatic rings. The summed E-state index contributed by atoms with van der Waals surface area (Å²) < 4.78 is 0. The van der Waals surface area contributed by atoms with Crippen LogP contribution in [0.25, 0.3) is 10.9 Å². The van der Waals surface area contributed by atoms with Crippen LogP contribution in [-0.4, -0.2) is 28.5 Å². The number of aromatic nitrogens is 2. The molecule has 0 bridgehead atoms. The minimum absolute atomic E-state index is 0.0236. The monoisotopic (exact) mass is 258 g/mol. The van der Waals surface area contributed by atoms with E-state index in [0.717, 1.165) is 17.3 Å². The maximum Gasteiger partial charge on any atom is 0.242 e. The first-order chi connectivity index (χ1) is 9.22. The second-order valence-electron chi connectivity index (χ2n) is 4.40. The van der Waals surface area contributed by atoms with Gasteiger partial charge in [0.15, 0.2) is 0 Å². The second-order valence-corrected chi connectivity index (χ2v) is 4.40. The predicted molar refractivity (Wildman–Crippen MR) is 75.9 cm³/mol. The molecule has 1 aromatic carbocycles. The Balaban J connectivity index is 2.15. The minimum Gasteiger partial charge on any atom is -0.358 e. The molecule has 1 aromatic heterocycles. The topological polar surface area (TPSA) is 66.9 Å². The number of para-hydroxylation sites is 1. The molecule has 0 aliphatic carbocycles. The molecule has 0 spiro atoms. The van der Waals surface area contributed by atoms with Crippen LogP contribution < -0.4 is 10.6 Å². The van der Waals surface area contributed by atoms with Crippen molar-refractivity contribution in [3.05, 3.63) is 30.6 Å². The molecule has 0 unspecified atom stereocenters. The van der Waals surface area contributed by atoms with E-state index < -0.39 is 0 Å². The summed E-state index contributed by atoms with van der Waals surface area (Å²) in [5.74, 6) is 0.661. The van der Waals surface area contributed by atoms with Gasteiger partial charge in [0.05, 0.1) is 5.52 Å². The first-order valence-electron chi connectivity index (χ1n) is 6.46. The van der Waals surface area contributed by atoms with Crippen LogP contribution in [0.5, 0.6) is 0 Å². The zero-order valence-corrected chi connectivity index (χ0v) is 11.2. The first kappa shape index (κ1) is 13.3. The summed E-state index contributed by atoms with van der Waals surface area (Å²) in [6.07, 6.45) is 2.43. The van der Waals surface area contributed by atoms with E-state index >= 15 is 0 Å². The van der Waals surface area contributed by atoms with Gasteiger partial charge in [0.1, 0.15) is 18.2 Å². The summed E-state index contributed by atoms with van der Waals surface area (Å²) >= 11 is 0. The summed E-state index contributed by atoms with van der Waals surface area (Å²) in [4.78, 5) is 20.2. The number of anilines is 1. The molecule has 19 heavy (non-hydrogen) atoms. The number of amides is 1. The Bertz CT molecular complexity index is 565. The van der Waals surface area contributed by atoms with E-state index in [9.17, 15) is 4.79 Å². The highest BCUT2D eigenvalue weighted by Gasteiger charge is 2.13. The highest BCUT2D eigenvalue weighted by molar-refractivity contribution is 5.91. The zero-order chi connectivity index (χ0) is 13.7. The lowest BCUT2D eigenvalue weighted by atomic mass is 10.2. The van der Waals surface area contributed by atoms with Crippen molar-refractivity contribution in [2.75, 3.05) is 11.9 Å². The molecule has 5 nitrogen and oxygen atoms in total. The van der Waals surface area contributed by atoms with Crippen molar-refractivity contribution in [1.29, 1.82) is 0 Å². The van der Waals surface area contributed by atoms with Crippen molar-refractivity contribution in [3.8, 4) is 0 Å². The van der Waals surface area contributed by atoms with Gasteiger partial charge in [-0.05, 0) is 25.5 Å². The molecule has 2 aromatic rings. The maximum absolute atomic E-state index is 11.8. The number of carbonyl (C=O) groups excluding carboxylic acids is 1. The molecule has 0 radical (unpaired) electrons. The Kier molecular flexibility index (Phi) is 4.28. The number of rotatable bonds is 5. The number of nitrogens with zero attached hydrogens (tertiary/aromatic N) is 2. The van der Waals surface area contributed by atoms with E-state index in [2.05, 4.69) is 20.6 Å². The molecule has 100 valence electrons. The van der Waals surface area contributed by atoms with Crippen molar-refractivity contribution >= 4 is 22.6 Å². The largest absolute Gasteiger partial charge is 0.358 e. The van der Waals surface area contributed by atoms with Crippen molar-refractivity contribution in [1.82, 2.24) is 15.3 Å². The smallest absolute Gasteiger partial charge is 0.242 e. The lowest BCUT2D eigenvalue weighted by Gasteiger charge is -2.15. The third-order valence-electron chi connectivity index (χ3n) is 2.84. The molecular weight excluding hydrogens is 240 g/mol. The van der Waals surface area contributed by atoms with Crippen LogP contribution in [0.3, 0.4) is 0 Å². The number of hydrogen-bond donors (Lipinski definition) is 2. The Morgan fingerprint density at radius 2 is 2.11 bits per heavy atom. The SMILES string of the molecule is CCCNC(=O)[C@H](C)Nc1ncnc2ccccc12. The van der Waals surface area contributed by atoms with Gasteiger partial charge in [0.25, 0.3) is 0 Å². The highest BCUT2D eigenvalue weighted by atomic mass is 16.2. The van der Waals surface area contributed by atoms with Crippen LogP contribution in [0, 0.1) is 0 Å². The van der Waals surface area contributed by atoms with Crippen LogP contribution in [0.15, 0.2) is 30.6 Å². The van der Waals surface area contributed by atoms with Crippen molar-refractivity contribution in [2.24, 2.45) is 0 Å². The molecule has 0 saturated heterocycles. The zero-order valence-electron chi connectivity index (χ0n) is 11.2. The quantitative estimate of drug-likeness (QED) is 0.860. The lowest BCUT2D eigenvalue weighted by Crippen LogP contribution is -2.38. The summed E-state index contributed by atoms with van der Waals surface area (Å²) in [6, 6.07) is 7.39. The van der Waals surface area contributed by atoms with Crippen molar-refractivity contribution in [3.63, 3.8) is 0 Å². The van der Waals surface area contributed by atoms with Gasteiger partial charge in [-0.1, -0.05) is 19.1 Å². The van der Waals surface area contributed by atoms with Gasteiger partial charge >= 0.3 is 0 Å². The molecule has 1 heterocycles. The van der Waals surface area contributed by atoms with Crippen LogP contribution in [0.4, 0.5) is 5.82 Å². The first-order valence-corrected chi connectivity index (χ1v) is 6.46. The minimum atomic E-state index is -0.329. The average molecular weight is 258 g/mol. The standard InChI is InChI=1S/C14H18N4O/c1-3-8-15-14(19)10(2)18-13-11-6-4-5-7-12(11)16-9-17-13/h4-7,9-10H,3,8H2,1-2H3,(H,15,19)(H,16,17,18)/t10-/m0/s1. The molecule has 1 amide bonds. The average Bonchev–Trinajstić information content (AvgIpc) is 2.45. The summed E-state index contributed by atoms with van der Waals surface area (Å²) in [5, 5.41) is 6.90. The third-order valence-corrected chi connectivity index (χ3v) is 2.84. The van der Waals surface area contributed by atoms with Gasteiger partial charge in [0, 0.05) is 11.9 Å². The number of hydrogen-bond acceptors (Lipinski definition) is 4. The fourth-order valence-corrected chi connectivity index (χ4v) is 1.79. The molecule has 2 rings (SSSR count). The van der Waals surface area contributed by atoms with Crippen LogP contribution in [0.1, 0.15) is 20.3 Å². The van der Waals surface area contributed by atoms with E-state index in [1.165, 1.54) is 6.33 Å². The van der Waals surface area contributed by atoms with E-state index in [-0.39, 0.29) is 11.9 Å². The Hall–Kier alpha value is -2.17. The normalized spacial score (nSPS) is 12.1. The number of fused-ring (bicyclic) bond motifs is 1. The number of benzene rings is 1. The van der Waals surface area contributed by atoms with E-state index in [0.29, 0.717) is 12.4 Å². The molecule has 1 atom stereocenters. The van der Waals surface area contributed by atoms with Gasteiger partial charge in [-0.25, -0.2) is 9.97 Å². The predicted octanol–water partition coefficient (Wildman–Crippen LogP) is 1.96. The Morgan fingerprint density at radius 3 is 2.89 bits per heavy atom. The van der Waals surface area contributed by atoms with E-state index in [1.54, 1.807) is 0 Å². The van der Waals surface area contributed by atoms with Gasteiger partial charge in [0.2, 0.25) is 5.91 Å². The van der Waals surface area contributed by atoms with Gasteiger partial charge < -0.3 is 10.6 Å². The molecule has 2 N–H and O–H groups in total. The van der Waals surface area contributed by atoms with Crippen LogP contribution >= 0.6 is 0 Å².